The second kappa shape index (κ2) is 2.10. The third kappa shape index (κ3) is 1.79. The number of alkyl halides is 3. The largest absolute Gasteiger partial charge is 0.513 e. The van der Waals surface area contributed by atoms with Gasteiger partial charge in [-0.2, -0.15) is 13.2 Å². The van der Waals surface area contributed by atoms with E-state index in [1.165, 1.54) is 0 Å². The van der Waals surface area contributed by atoms with Crippen LogP contribution in [-0.4, -0.2) is 13.9 Å². The fourth-order valence-electron chi connectivity index (χ4n) is 0.0437. The van der Waals surface area contributed by atoms with E-state index in [4.69, 9.17) is 0 Å². The van der Waals surface area contributed by atoms with Gasteiger partial charge < -0.3 is 0 Å². The normalized spacial score (nSPS) is 13.8. The number of sulfonamides is 1. The van der Waals surface area contributed by atoms with Gasteiger partial charge in [-0.05, 0) is 4.94 Å². The fourth-order valence-corrected chi connectivity index (χ4v) is 0.131. The molecule has 0 fully saturated rings. The summed E-state index contributed by atoms with van der Waals surface area (Å²) in [5, 5.41) is 0. The van der Waals surface area contributed by atoms with E-state index in [-0.39, 0.29) is 4.94 Å². The zero-order valence-corrected chi connectivity index (χ0v) is 4.55. The van der Waals surface area contributed by atoms with Crippen LogP contribution in [0, 0.1) is 0 Å². The van der Waals surface area contributed by atoms with Gasteiger partial charge in [0.05, 0.1) is 0 Å². The number of hydrogen-bond acceptors (Lipinski definition) is 2. The molecule has 1 N–H and O–H groups in total. The summed E-state index contributed by atoms with van der Waals surface area (Å²) in [5.41, 5.74) is -5.57. The lowest BCUT2D eigenvalue weighted by Crippen LogP contribution is -2.31. The van der Waals surface area contributed by atoms with Gasteiger partial charge in [0.2, 0.25) is 0 Å². The van der Waals surface area contributed by atoms with Gasteiger partial charge in [0.1, 0.15) is 0 Å². The Labute approximate surface area is 47.6 Å². The number of nitrogens with one attached hydrogen (secondary N) is 1. The lowest BCUT2D eigenvalue weighted by molar-refractivity contribution is -0.0464. The summed E-state index contributed by atoms with van der Waals surface area (Å²) >= 11 is 0. The SMILES string of the molecule is O=S(=O)(NF)C(F)(F)F. The molecule has 0 heterocycles. The van der Waals surface area contributed by atoms with Gasteiger partial charge in [-0.1, -0.05) is 0 Å². The first-order valence-electron chi connectivity index (χ1n) is 1.50. The van der Waals surface area contributed by atoms with Crippen molar-refractivity contribution in [2.24, 2.45) is 0 Å². The molecule has 9 heavy (non-hydrogen) atoms. The Hall–Kier alpha value is -0.370. The molecule has 0 atom stereocenters. The zero-order valence-electron chi connectivity index (χ0n) is 3.74. The van der Waals surface area contributed by atoms with E-state index < -0.39 is 15.5 Å². The van der Waals surface area contributed by atoms with Crippen molar-refractivity contribution in [3.63, 3.8) is 0 Å². The summed E-state index contributed by atoms with van der Waals surface area (Å²) in [4.78, 5) is -0.372. The molecule has 0 saturated carbocycles. The molecule has 0 aliphatic rings. The van der Waals surface area contributed by atoms with Crippen LogP contribution in [0.5, 0.6) is 0 Å². The maximum atomic E-state index is 10.9. The predicted molar refractivity (Wildman–Crippen MR) is 19.2 cm³/mol. The standard InChI is InChI=1S/CHF4NO2S/c2-1(3,4)9(7,8)6-5/h6H. The fraction of sp³-hybridized carbons (Fsp3) is 1.00. The Kier molecular flexibility index (Phi) is 2.02. The molecule has 0 aromatic heterocycles. The summed E-state index contributed by atoms with van der Waals surface area (Å²) in [5.74, 6) is 0. The topological polar surface area (TPSA) is 46.2 Å². The summed E-state index contributed by atoms with van der Waals surface area (Å²) in [7, 11) is -5.75. The lowest BCUT2D eigenvalue weighted by Gasteiger charge is -2.01. The highest BCUT2D eigenvalue weighted by Gasteiger charge is 2.46. The van der Waals surface area contributed by atoms with Crippen molar-refractivity contribution in [2.75, 3.05) is 0 Å². The maximum absolute atomic E-state index is 10.9. The molecule has 0 radical (unpaired) electrons. The van der Waals surface area contributed by atoms with Gasteiger partial charge >= 0.3 is 15.5 Å². The molecule has 0 saturated heterocycles. The lowest BCUT2D eigenvalue weighted by atomic mass is 11.6. The molecule has 3 nitrogen and oxygen atoms in total. The third-order valence-corrected chi connectivity index (χ3v) is 1.22. The molecule has 8 heteroatoms. The Bertz CT molecular complexity index is 179. The van der Waals surface area contributed by atoms with Crippen LogP contribution in [0.15, 0.2) is 0 Å². The summed E-state index contributed by atoms with van der Waals surface area (Å²) in [6.07, 6.45) is 0. The average molecular weight is 167 g/mol. The minimum atomic E-state index is -5.75. The first kappa shape index (κ1) is 8.63. The average Bonchev–Trinajstić information content (AvgIpc) is 1.64. The first-order valence-corrected chi connectivity index (χ1v) is 2.98. The second-order valence-corrected chi connectivity index (χ2v) is 2.65. The first-order chi connectivity index (χ1) is 3.81. The van der Waals surface area contributed by atoms with Crippen molar-refractivity contribution < 1.29 is 26.1 Å². The Balaban J connectivity index is 4.57. The molecule has 0 bridgehead atoms. The van der Waals surface area contributed by atoms with Gasteiger partial charge in [0.15, 0.2) is 0 Å². The van der Waals surface area contributed by atoms with Crippen molar-refractivity contribution >= 4 is 10.0 Å². The smallest absolute Gasteiger partial charge is 0.200 e. The highest BCUT2D eigenvalue weighted by Crippen LogP contribution is 2.21. The molecule has 0 aromatic rings. The van der Waals surface area contributed by atoms with E-state index >= 15 is 0 Å². The van der Waals surface area contributed by atoms with Crippen LogP contribution in [0.25, 0.3) is 0 Å². The maximum Gasteiger partial charge on any atom is 0.513 e. The minimum Gasteiger partial charge on any atom is -0.200 e. The van der Waals surface area contributed by atoms with Crippen LogP contribution in [0.1, 0.15) is 0 Å². The van der Waals surface area contributed by atoms with Gasteiger partial charge in [0, 0.05) is 0 Å². The van der Waals surface area contributed by atoms with E-state index in [1.807, 2.05) is 0 Å². The van der Waals surface area contributed by atoms with Crippen molar-refractivity contribution in [2.45, 2.75) is 5.51 Å². The van der Waals surface area contributed by atoms with Crippen LogP contribution in [0.4, 0.5) is 17.7 Å². The van der Waals surface area contributed by atoms with Gasteiger partial charge in [-0.25, -0.2) is 8.42 Å². The molecule has 0 unspecified atom stereocenters. The van der Waals surface area contributed by atoms with E-state index in [1.54, 1.807) is 0 Å². The van der Waals surface area contributed by atoms with Crippen molar-refractivity contribution in [3.05, 3.63) is 0 Å². The molecule has 0 aromatic carbocycles. The monoisotopic (exact) mass is 167 g/mol. The quantitative estimate of drug-likeness (QED) is 0.451. The molecule has 0 aliphatic heterocycles. The Morgan fingerprint density at radius 3 is 1.56 bits per heavy atom. The Morgan fingerprint density at radius 1 is 1.22 bits per heavy atom. The summed E-state index contributed by atoms with van der Waals surface area (Å²) in [6, 6.07) is 0. The van der Waals surface area contributed by atoms with Gasteiger partial charge in [0.25, 0.3) is 0 Å². The van der Waals surface area contributed by atoms with Crippen molar-refractivity contribution in [1.82, 2.24) is 4.94 Å². The van der Waals surface area contributed by atoms with Crippen LogP contribution >= 0.6 is 0 Å². The molecular formula is CHF4NO2S. The molecule has 0 spiro atoms. The summed E-state index contributed by atoms with van der Waals surface area (Å²) < 4.78 is 62.4. The van der Waals surface area contributed by atoms with Crippen LogP contribution in [0.2, 0.25) is 0 Å². The highest BCUT2D eigenvalue weighted by atomic mass is 32.2. The van der Waals surface area contributed by atoms with Crippen molar-refractivity contribution in [3.8, 4) is 0 Å². The molecule has 56 valence electrons. The number of rotatable bonds is 1. The van der Waals surface area contributed by atoms with E-state index in [0.29, 0.717) is 0 Å². The summed E-state index contributed by atoms with van der Waals surface area (Å²) in [6.45, 7) is 0. The minimum absolute atomic E-state index is 0.372. The van der Waals surface area contributed by atoms with Crippen LogP contribution < -0.4 is 4.94 Å². The number of halogens is 4. The van der Waals surface area contributed by atoms with E-state index in [2.05, 4.69) is 0 Å². The highest BCUT2D eigenvalue weighted by molar-refractivity contribution is 7.90. The zero-order chi connectivity index (χ0) is 7.71. The van der Waals surface area contributed by atoms with Crippen LogP contribution in [0.3, 0.4) is 0 Å². The third-order valence-electron chi connectivity index (χ3n) is 0.406. The van der Waals surface area contributed by atoms with Crippen LogP contribution in [-0.2, 0) is 10.0 Å². The molecule has 0 aliphatic carbocycles. The van der Waals surface area contributed by atoms with Gasteiger partial charge in [-0.3, -0.25) is 0 Å². The second-order valence-electron chi connectivity index (χ2n) is 1.03. The van der Waals surface area contributed by atoms with E-state index in [9.17, 15) is 26.1 Å². The molecule has 0 amide bonds. The predicted octanol–water partition coefficient (Wildman–Crippen LogP) is 0.310. The Morgan fingerprint density at radius 2 is 1.56 bits per heavy atom. The number of hydrogen-bond donors (Lipinski definition) is 1. The molecular weight excluding hydrogens is 166 g/mol. The van der Waals surface area contributed by atoms with E-state index in [0.717, 1.165) is 0 Å². The van der Waals surface area contributed by atoms with Crippen molar-refractivity contribution in [1.29, 1.82) is 0 Å². The van der Waals surface area contributed by atoms with Gasteiger partial charge in [-0.15, -0.1) is 4.48 Å². The molecule has 0 rings (SSSR count).